The Morgan fingerprint density at radius 2 is 1.14 bits per heavy atom. The van der Waals surface area contributed by atoms with Crippen molar-refractivity contribution in [3.05, 3.63) is 0 Å². The SMILES string of the molecule is CC(C)(C)NCCC(F)(F)C(F)(F)C(F)(F)NC(C)(C)C. The molecule has 128 valence electrons. The highest BCUT2D eigenvalue weighted by atomic mass is 19.3. The summed E-state index contributed by atoms with van der Waals surface area (Å²) in [7, 11) is 0. The maximum atomic E-state index is 13.5. The first kappa shape index (κ1) is 20.5. The van der Waals surface area contributed by atoms with E-state index in [9.17, 15) is 26.3 Å². The number of hydrogen-bond acceptors (Lipinski definition) is 2. The molecule has 0 aliphatic carbocycles. The minimum Gasteiger partial charge on any atom is -0.312 e. The zero-order chi connectivity index (χ0) is 17.3. The van der Waals surface area contributed by atoms with Crippen LogP contribution in [0.25, 0.3) is 0 Å². The first-order valence-electron chi connectivity index (χ1n) is 6.59. The summed E-state index contributed by atoms with van der Waals surface area (Å²) in [5.74, 6) is -10.3. The predicted molar refractivity (Wildman–Crippen MR) is 70.1 cm³/mol. The molecule has 2 nitrogen and oxygen atoms in total. The fraction of sp³-hybridized carbons (Fsp3) is 1.00. The Morgan fingerprint density at radius 1 is 0.714 bits per heavy atom. The Balaban J connectivity index is 5.01. The van der Waals surface area contributed by atoms with Gasteiger partial charge in [0.15, 0.2) is 0 Å². The summed E-state index contributed by atoms with van der Waals surface area (Å²) in [5, 5.41) is 3.84. The summed E-state index contributed by atoms with van der Waals surface area (Å²) in [6.07, 6.45) is -1.39. The van der Waals surface area contributed by atoms with E-state index in [1.807, 2.05) is 0 Å². The van der Waals surface area contributed by atoms with E-state index in [-0.39, 0.29) is 0 Å². The monoisotopic (exact) mass is 322 g/mol. The van der Waals surface area contributed by atoms with Crippen LogP contribution in [-0.2, 0) is 0 Å². The minimum atomic E-state index is -5.49. The van der Waals surface area contributed by atoms with Crippen LogP contribution in [0.15, 0.2) is 0 Å². The van der Waals surface area contributed by atoms with E-state index in [1.165, 1.54) is 26.1 Å². The highest BCUT2D eigenvalue weighted by Gasteiger charge is 2.71. The molecule has 0 saturated carbocycles. The fourth-order valence-electron chi connectivity index (χ4n) is 1.53. The van der Waals surface area contributed by atoms with Crippen LogP contribution in [0.5, 0.6) is 0 Å². The van der Waals surface area contributed by atoms with Gasteiger partial charge >= 0.3 is 17.9 Å². The van der Waals surface area contributed by atoms with E-state index >= 15 is 0 Å². The van der Waals surface area contributed by atoms with Crippen molar-refractivity contribution in [1.82, 2.24) is 10.6 Å². The van der Waals surface area contributed by atoms with Crippen LogP contribution in [0.4, 0.5) is 26.3 Å². The summed E-state index contributed by atoms with van der Waals surface area (Å²) >= 11 is 0. The van der Waals surface area contributed by atoms with Crippen molar-refractivity contribution in [2.75, 3.05) is 6.54 Å². The molecule has 0 aromatic heterocycles. The summed E-state index contributed by atoms with van der Waals surface area (Å²) in [6.45, 7) is 8.03. The largest absolute Gasteiger partial charge is 0.386 e. The molecule has 0 radical (unpaired) electrons. The third-order valence-electron chi connectivity index (χ3n) is 2.48. The molecule has 0 rings (SSSR count). The minimum absolute atomic E-state index is 0.502. The second-order valence-electron chi connectivity index (χ2n) is 7.16. The van der Waals surface area contributed by atoms with Gasteiger partial charge in [-0.1, -0.05) is 0 Å². The van der Waals surface area contributed by atoms with E-state index in [1.54, 1.807) is 20.8 Å². The average Bonchev–Trinajstić information content (AvgIpc) is 2.09. The van der Waals surface area contributed by atoms with E-state index in [0.29, 0.717) is 0 Å². The molecule has 8 heteroatoms. The second kappa shape index (κ2) is 5.95. The molecule has 0 fully saturated rings. The topological polar surface area (TPSA) is 24.1 Å². The Bertz CT molecular complexity index is 342. The zero-order valence-electron chi connectivity index (χ0n) is 13.2. The molecule has 0 unspecified atom stereocenters. The lowest BCUT2D eigenvalue weighted by Crippen LogP contribution is -2.65. The summed E-state index contributed by atoms with van der Waals surface area (Å²) in [5.41, 5.74) is -2.01. The Morgan fingerprint density at radius 3 is 1.48 bits per heavy atom. The zero-order valence-corrected chi connectivity index (χ0v) is 13.2. The molecule has 0 amide bonds. The number of hydrogen-bond donors (Lipinski definition) is 2. The molecule has 0 aromatic rings. The highest BCUT2D eigenvalue weighted by molar-refractivity contribution is 4.97. The van der Waals surface area contributed by atoms with Crippen molar-refractivity contribution < 1.29 is 26.3 Å². The first-order valence-corrected chi connectivity index (χ1v) is 6.59. The second-order valence-corrected chi connectivity index (χ2v) is 7.16. The Kier molecular flexibility index (Phi) is 5.81. The number of nitrogens with one attached hydrogen (secondary N) is 2. The average molecular weight is 322 g/mol. The van der Waals surface area contributed by atoms with Gasteiger partial charge in [0.05, 0.1) is 0 Å². The van der Waals surface area contributed by atoms with Gasteiger partial charge in [-0.3, -0.25) is 0 Å². The van der Waals surface area contributed by atoms with Gasteiger partial charge in [0, 0.05) is 24.0 Å². The van der Waals surface area contributed by atoms with Crippen molar-refractivity contribution in [3.8, 4) is 0 Å². The van der Waals surface area contributed by atoms with Crippen LogP contribution in [-0.4, -0.2) is 35.5 Å². The third-order valence-corrected chi connectivity index (χ3v) is 2.48. The van der Waals surface area contributed by atoms with Gasteiger partial charge in [-0.15, -0.1) is 0 Å². The maximum absolute atomic E-state index is 13.5. The number of rotatable bonds is 6. The molecule has 0 aliphatic rings. The number of halogens is 6. The van der Waals surface area contributed by atoms with Gasteiger partial charge in [0.1, 0.15) is 0 Å². The van der Waals surface area contributed by atoms with Crippen LogP contribution in [0, 0.1) is 0 Å². The van der Waals surface area contributed by atoms with Crippen LogP contribution in [0.3, 0.4) is 0 Å². The van der Waals surface area contributed by atoms with Crippen LogP contribution in [0.2, 0.25) is 0 Å². The molecular formula is C13H24F6N2. The fourth-order valence-corrected chi connectivity index (χ4v) is 1.53. The predicted octanol–water partition coefficient (Wildman–Crippen LogP) is 4.02. The van der Waals surface area contributed by atoms with Crippen LogP contribution >= 0.6 is 0 Å². The summed E-state index contributed by atoms with van der Waals surface area (Å²) in [6, 6.07) is -5.02. The highest BCUT2D eigenvalue weighted by Crippen LogP contribution is 2.46. The molecule has 0 aromatic carbocycles. The molecule has 0 aliphatic heterocycles. The molecule has 0 heterocycles. The number of alkyl halides is 6. The van der Waals surface area contributed by atoms with E-state index < -0.39 is 41.9 Å². The summed E-state index contributed by atoms with van der Waals surface area (Å²) in [4.78, 5) is 0. The molecule has 0 spiro atoms. The standard InChI is InChI=1S/C13H24F6N2/c1-9(2,3)20-8-7-11(14,15)12(16,17)13(18,19)21-10(4,5)6/h20-21H,7-8H2,1-6H3. The van der Waals surface area contributed by atoms with Crippen LogP contribution < -0.4 is 10.6 Å². The third kappa shape index (κ3) is 6.02. The maximum Gasteiger partial charge on any atom is 0.386 e. The van der Waals surface area contributed by atoms with Gasteiger partial charge in [0.25, 0.3) is 0 Å². The lowest BCUT2D eigenvalue weighted by molar-refractivity contribution is -0.324. The molecule has 21 heavy (non-hydrogen) atoms. The summed E-state index contributed by atoms with van der Waals surface area (Å²) < 4.78 is 81.1. The molecule has 0 atom stereocenters. The van der Waals surface area contributed by atoms with Crippen molar-refractivity contribution in [2.45, 2.75) is 76.9 Å². The van der Waals surface area contributed by atoms with Gasteiger partial charge in [0.2, 0.25) is 0 Å². The Labute approximate surface area is 121 Å². The van der Waals surface area contributed by atoms with Gasteiger partial charge < -0.3 is 5.32 Å². The van der Waals surface area contributed by atoms with Crippen LogP contribution in [0.1, 0.15) is 48.0 Å². The van der Waals surface area contributed by atoms with Gasteiger partial charge in [-0.2, -0.15) is 26.3 Å². The van der Waals surface area contributed by atoms with Gasteiger partial charge in [-0.25, -0.2) is 5.32 Å². The van der Waals surface area contributed by atoms with Crippen molar-refractivity contribution in [3.63, 3.8) is 0 Å². The Hall–Kier alpha value is -0.500. The van der Waals surface area contributed by atoms with Crippen molar-refractivity contribution in [1.29, 1.82) is 0 Å². The lowest BCUT2D eigenvalue weighted by atomic mass is 10.0. The molecule has 2 N–H and O–H groups in total. The quantitative estimate of drug-likeness (QED) is 0.570. The van der Waals surface area contributed by atoms with E-state index in [4.69, 9.17) is 0 Å². The van der Waals surface area contributed by atoms with E-state index in [2.05, 4.69) is 5.32 Å². The van der Waals surface area contributed by atoms with Crippen molar-refractivity contribution >= 4 is 0 Å². The molecule has 0 bridgehead atoms. The normalized spacial score (nSPS) is 15.4. The molecular weight excluding hydrogens is 298 g/mol. The van der Waals surface area contributed by atoms with Crippen molar-refractivity contribution in [2.24, 2.45) is 0 Å². The molecule has 0 saturated heterocycles. The van der Waals surface area contributed by atoms with E-state index in [0.717, 1.165) is 0 Å². The van der Waals surface area contributed by atoms with Gasteiger partial charge in [-0.05, 0) is 41.5 Å². The first-order chi connectivity index (χ1) is 8.91. The smallest absolute Gasteiger partial charge is 0.312 e. The lowest BCUT2D eigenvalue weighted by Gasteiger charge is -2.37.